The molecular weight excluding hydrogens is 302 g/mol. The van der Waals surface area contributed by atoms with Crippen LogP contribution in [0.4, 0.5) is 4.79 Å². The van der Waals surface area contributed by atoms with Crippen LogP contribution in [0.1, 0.15) is 20.8 Å². The van der Waals surface area contributed by atoms with Gasteiger partial charge in [0.2, 0.25) is 0 Å². The third-order valence-corrected chi connectivity index (χ3v) is 6.84. The summed E-state index contributed by atoms with van der Waals surface area (Å²) < 4.78 is 6.88. The second kappa shape index (κ2) is 6.12. The van der Waals surface area contributed by atoms with Crippen LogP contribution in [0.3, 0.4) is 0 Å². The van der Waals surface area contributed by atoms with Crippen molar-refractivity contribution in [2.24, 2.45) is 0 Å². The van der Waals surface area contributed by atoms with Gasteiger partial charge < -0.3 is 4.74 Å². The van der Waals surface area contributed by atoms with E-state index in [-0.39, 0.29) is 4.75 Å². The number of amides is 1. The van der Waals surface area contributed by atoms with E-state index in [1.165, 1.54) is 4.31 Å². The topological polar surface area (TPSA) is 29.5 Å². The molecule has 112 valence electrons. The van der Waals surface area contributed by atoms with Crippen LogP contribution in [0.2, 0.25) is 0 Å². The minimum Gasteiger partial charge on any atom is -0.409 e. The van der Waals surface area contributed by atoms with Gasteiger partial charge in [-0.3, -0.25) is 4.31 Å². The minimum absolute atomic E-state index is 0.151. The Hall–Kier alpha value is -1.46. The summed E-state index contributed by atoms with van der Waals surface area (Å²) in [5, 5.41) is 1.96. The molecule has 0 aromatic heterocycles. The van der Waals surface area contributed by atoms with Gasteiger partial charge in [0.25, 0.3) is 0 Å². The van der Waals surface area contributed by atoms with Crippen molar-refractivity contribution in [1.29, 1.82) is 0 Å². The fraction of sp³-hybridized carbons (Fsp3) is 0.312. The summed E-state index contributed by atoms with van der Waals surface area (Å²) in [7, 11) is 1.06. The zero-order chi connectivity index (χ0) is 15.6. The second-order valence-corrected chi connectivity index (χ2v) is 8.92. The Kier molecular flexibility index (Phi) is 4.64. The Morgan fingerprint density at radius 3 is 2.43 bits per heavy atom. The van der Waals surface area contributed by atoms with E-state index in [1.807, 2.05) is 57.2 Å². The highest BCUT2D eigenvalue weighted by Crippen LogP contribution is 2.26. The molecule has 0 N–H and O–H groups in total. The van der Waals surface area contributed by atoms with Crippen LogP contribution in [0, 0.1) is 0 Å². The van der Waals surface area contributed by atoms with Crippen LogP contribution >= 0.6 is 0 Å². The standard InChI is InChI=1S/C16H19NO2S2/c1-16(2,3)21(20)17(4)15(18)19-14-11-7-9-12-8-5-6-10-13(12)14/h5-11H,1-4H3. The van der Waals surface area contributed by atoms with Gasteiger partial charge in [-0.05, 0) is 53.1 Å². The van der Waals surface area contributed by atoms with Crippen molar-refractivity contribution in [3.05, 3.63) is 42.5 Å². The SMILES string of the molecule is CN(C(=O)Oc1cccc2ccccc12)S(=S)C(C)(C)C. The van der Waals surface area contributed by atoms with E-state index >= 15 is 0 Å². The van der Waals surface area contributed by atoms with Crippen molar-refractivity contribution in [2.45, 2.75) is 25.5 Å². The molecule has 3 nitrogen and oxygen atoms in total. The molecule has 5 heteroatoms. The number of hydrogen-bond donors (Lipinski definition) is 0. The van der Waals surface area contributed by atoms with E-state index in [1.54, 1.807) is 13.1 Å². The summed E-state index contributed by atoms with van der Waals surface area (Å²) in [5.41, 5.74) is 0. The van der Waals surface area contributed by atoms with Gasteiger partial charge in [-0.1, -0.05) is 36.4 Å². The highest BCUT2D eigenvalue weighted by Gasteiger charge is 2.25. The van der Waals surface area contributed by atoms with Gasteiger partial charge in [-0.15, -0.1) is 0 Å². The van der Waals surface area contributed by atoms with Crippen LogP contribution < -0.4 is 4.74 Å². The molecule has 0 saturated heterocycles. The largest absolute Gasteiger partial charge is 0.425 e. The lowest BCUT2D eigenvalue weighted by Crippen LogP contribution is -2.39. The molecule has 0 aliphatic rings. The third kappa shape index (κ3) is 3.60. The first-order valence-electron chi connectivity index (χ1n) is 6.66. The number of ether oxygens (including phenoxy) is 1. The van der Waals surface area contributed by atoms with Crippen LogP contribution in [-0.2, 0) is 20.8 Å². The molecular formula is C16H19NO2S2. The molecule has 0 heterocycles. The van der Waals surface area contributed by atoms with Crippen molar-refractivity contribution in [2.75, 3.05) is 7.05 Å². The molecule has 21 heavy (non-hydrogen) atoms. The van der Waals surface area contributed by atoms with E-state index in [0.717, 1.165) is 10.8 Å². The van der Waals surface area contributed by atoms with Crippen molar-refractivity contribution < 1.29 is 9.53 Å². The van der Waals surface area contributed by atoms with Gasteiger partial charge in [0, 0.05) is 17.2 Å². The maximum Gasteiger partial charge on any atom is 0.425 e. The number of benzene rings is 2. The molecule has 0 saturated carbocycles. The lowest BCUT2D eigenvalue weighted by molar-refractivity contribution is 0.187. The quantitative estimate of drug-likeness (QED) is 0.835. The van der Waals surface area contributed by atoms with E-state index < -0.39 is 15.7 Å². The lowest BCUT2D eigenvalue weighted by Gasteiger charge is -2.28. The van der Waals surface area contributed by atoms with E-state index in [4.69, 9.17) is 15.9 Å². The maximum atomic E-state index is 12.3. The summed E-state index contributed by atoms with van der Waals surface area (Å²) in [6.45, 7) is 6.06. The second-order valence-electron chi connectivity index (χ2n) is 5.70. The molecule has 1 amide bonds. The highest BCUT2D eigenvalue weighted by molar-refractivity contribution is 8.28. The van der Waals surface area contributed by atoms with Crippen molar-refractivity contribution in [3.8, 4) is 5.75 Å². The van der Waals surface area contributed by atoms with Crippen LogP contribution in [0.15, 0.2) is 42.5 Å². The van der Waals surface area contributed by atoms with E-state index in [2.05, 4.69) is 0 Å². The van der Waals surface area contributed by atoms with Gasteiger partial charge in [-0.25, -0.2) is 4.79 Å². The Labute approximate surface area is 132 Å². The van der Waals surface area contributed by atoms with Gasteiger partial charge in [0.05, 0.1) is 0 Å². The van der Waals surface area contributed by atoms with E-state index in [9.17, 15) is 4.79 Å². The summed E-state index contributed by atoms with van der Waals surface area (Å²) >= 11 is 5.44. The molecule has 1 unspecified atom stereocenters. The lowest BCUT2D eigenvalue weighted by atomic mass is 10.1. The number of fused-ring (bicyclic) bond motifs is 1. The Morgan fingerprint density at radius 1 is 1.14 bits per heavy atom. The number of rotatable bonds is 2. The predicted octanol–water partition coefficient (Wildman–Crippen LogP) is 4.06. The summed E-state index contributed by atoms with van der Waals surface area (Å²) in [5.74, 6) is 0.561. The summed E-state index contributed by atoms with van der Waals surface area (Å²) in [4.78, 5) is 12.3. The Bertz CT molecular complexity index is 687. The molecule has 0 aliphatic heterocycles. The van der Waals surface area contributed by atoms with Crippen molar-refractivity contribution in [1.82, 2.24) is 4.31 Å². The maximum absolute atomic E-state index is 12.3. The normalized spacial score (nSPS) is 13.0. The van der Waals surface area contributed by atoms with Gasteiger partial charge in [0.15, 0.2) is 0 Å². The Balaban J connectivity index is 2.24. The van der Waals surface area contributed by atoms with E-state index in [0.29, 0.717) is 5.75 Å². The first-order chi connectivity index (χ1) is 9.80. The average Bonchev–Trinajstić information content (AvgIpc) is 2.45. The summed E-state index contributed by atoms with van der Waals surface area (Å²) in [6.07, 6.45) is -0.417. The number of carbonyl (C=O) groups excluding carboxylic acids is 1. The molecule has 0 spiro atoms. The number of carbonyl (C=O) groups is 1. The Morgan fingerprint density at radius 2 is 1.76 bits per heavy atom. The molecule has 1 atom stereocenters. The zero-order valence-corrected chi connectivity index (χ0v) is 14.3. The molecule has 2 aromatic carbocycles. The molecule has 0 radical (unpaired) electrons. The molecule has 2 aromatic rings. The van der Waals surface area contributed by atoms with Crippen molar-refractivity contribution >= 4 is 37.7 Å². The van der Waals surface area contributed by atoms with Gasteiger partial charge >= 0.3 is 6.09 Å². The first kappa shape index (κ1) is 15.9. The predicted molar refractivity (Wildman–Crippen MR) is 92.2 cm³/mol. The fourth-order valence-electron chi connectivity index (χ4n) is 1.92. The zero-order valence-electron chi connectivity index (χ0n) is 12.6. The molecule has 0 bridgehead atoms. The minimum atomic E-state index is -0.627. The fourth-order valence-corrected chi connectivity index (χ4v) is 3.10. The van der Waals surface area contributed by atoms with Gasteiger partial charge in [-0.2, -0.15) is 0 Å². The summed E-state index contributed by atoms with van der Waals surface area (Å²) in [6, 6.07) is 13.5. The monoisotopic (exact) mass is 321 g/mol. The molecule has 0 fully saturated rings. The number of nitrogens with zero attached hydrogens (tertiary/aromatic N) is 1. The smallest absolute Gasteiger partial charge is 0.409 e. The third-order valence-electron chi connectivity index (χ3n) is 2.98. The molecule has 0 aliphatic carbocycles. The highest BCUT2D eigenvalue weighted by atomic mass is 32.8. The van der Waals surface area contributed by atoms with Crippen LogP contribution in [-0.4, -0.2) is 22.2 Å². The van der Waals surface area contributed by atoms with Crippen LogP contribution in [0.25, 0.3) is 10.8 Å². The number of hydrogen-bond acceptors (Lipinski definition) is 3. The first-order valence-corrected chi connectivity index (χ1v) is 8.76. The van der Waals surface area contributed by atoms with Crippen LogP contribution in [0.5, 0.6) is 5.75 Å². The van der Waals surface area contributed by atoms with Crippen molar-refractivity contribution in [3.63, 3.8) is 0 Å². The average molecular weight is 321 g/mol. The van der Waals surface area contributed by atoms with Gasteiger partial charge in [0.1, 0.15) is 5.75 Å². The molecule has 2 rings (SSSR count).